The number of amides is 1. The summed E-state index contributed by atoms with van der Waals surface area (Å²) in [5.74, 6) is -0.372. The molecule has 11 heteroatoms. The maximum Gasteiger partial charge on any atom is 0.219 e. The normalized spacial score (nSPS) is 16.2. The Bertz CT molecular complexity index is 1260. The van der Waals surface area contributed by atoms with E-state index in [2.05, 4.69) is 14.9 Å². The van der Waals surface area contributed by atoms with Gasteiger partial charge >= 0.3 is 0 Å². The molecule has 0 atom stereocenters. The van der Waals surface area contributed by atoms with Crippen molar-refractivity contribution < 1.29 is 18.3 Å². The second kappa shape index (κ2) is 9.40. The summed E-state index contributed by atoms with van der Waals surface area (Å²) in [4.78, 5) is 34.1. The molecule has 5 rings (SSSR count). The molecular formula is C24H25F2N7O2. The van der Waals surface area contributed by atoms with E-state index in [0.717, 1.165) is 17.5 Å². The van der Waals surface area contributed by atoms with Crippen LogP contribution >= 0.6 is 0 Å². The fourth-order valence-corrected chi connectivity index (χ4v) is 4.41. The van der Waals surface area contributed by atoms with Gasteiger partial charge in [-0.2, -0.15) is 0 Å². The molecule has 1 saturated heterocycles. The van der Waals surface area contributed by atoms with Crippen molar-refractivity contribution >= 4 is 17.5 Å². The van der Waals surface area contributed by atoms with E-state index in [1.54, 1.807) is 18.0 Å². The molecule has 1 fully saturated rings. The Balaban J connectivity index is 1.40. The zero-order valence-electron chi connectivity index (χ0n) is 19.2. The minimum absolute atomic E-state index is 0.00788. The Morgan fingerprint density at radius 2 is 1.89 bits per heavy atom. The molecule has 9 nitrogen and oxygen atoms in total. The van der Waals surface area contributed by atoms with Crippen LogP contribution in [0.2, 0.25) is 0 Å². The number of rotatable bonds is 4. The lowest BCUT2D eigenvalue weighted by Gasteiger charge is -2.35. The molecule has 1 aromatic carbocycles. The number of halogens is 2. The second-order valence-corrected chi connectivity index (χ2v) is 8.69. The largest absolute Gasteiger partial charge is 0.487 e. The number of ether oxygens (including phenoxy) is 1. The standard InChI is InChI=1S/C24H25F2N7O2/c1-14(34)33-9-6-18-20(13-33)30-23(19-11-28-12-22(27)29-19)24(31-18)32-7-4-16(5-8-32)35-21-3-2-15(25)10-17(21)26/h2-3,10-12,16H,4-9,13H2,1H3,(H2,27,29). The summed E-state index contributed by atoms with van der Waals surface area (Å²) in [6, 6.07) is 3.31. The van der Waals surface area contributed by atoms with Gasteiger partial charge in [-0.25, -0.2) is 23.7 Å². The molecule has 3 aromatic rings. The predicted octanol–water partition coefficient (Wildman–Crippen LogP) is 2.75. The smallest absolute Gasteiger partial charge is 0.219 e. The van der Waals surface area contributed by atoms with Crippen LogP contribution in [0.15, 0.2) is 30.6 Å². The van der Waals surface area contributed by atoms with E-state index in [9.17, 15) is 13.6 Å². The third-order valence-electron chi connectivity index (χ3n) is 6.26. The number of aromatic nitrogens is 4. The van der Waals surface area contributed by atoms with Crippen LogP contribution in [-0.2, 0) is 17.8 Å². The van der Waals surface area contributed by atoms with Gasteiger partial charge in [0.25, 0.3) is 0 Å². The van der Waals surface area contributed by atoms with Crippen LogP contribution in [0.3, 0.4) is 0 Å². The number of benzene rings is 1. The van der Waals surface area contributed by atoms with E-state index >= 15 is 0 Å². The summed E-state index contributed by atoms with van der Waals surface area (Å²) >= 11 is 0. The number of nitrogen functional groups attached to an aromatic ring is 1. The van der Waals surface area contributed by atoms with Crippen molar-refractivity contribution in [3.05, 3.63) is 53.6 Å². The number of carbonyl (C=O) groups is 1. The quantitative estimate of drug-likeness (QED) is 0.606. The minimum Gasteiger partial charge on any atom is -0.487 e. The van der Waals surface area contributed by atoms with Crippen molar-refractivity contribution in [3.8, 4) is 17.1 Å². The van der Waals surface area contributed by atoms with Gasteiger partial charge in [-0.15, -0.1) is 0 Å². The lowest BCUT2D eigenvalue weighted by atomic mass is 10.1. The summed E-state index contributed by atoms with van der Waals surface area (Å²) in [5.41, 5.74) is 8.52. The average molecular weight is 482 g/mol. The van der Waals surface area contributed by atoms with Crippen LogP contribution in [0.1, 0.15) is 31.2 Å². The first-order valence-corrected chi connectivity index (χ1v) is 11.5. The molecule has 0 bridgehead atoms. The Hall–Kier alpha value is -3.89. The predicted molar refractivity (Wildman–Crippen MR) is 124 cm³/mol. The molecule has 35 heavy (non-hydrogen) atoms. The van der Waals surface area contributed by atoms with Crippen LogP contribution in [-0.4, -0.2) is 56.5 Å². The van der Waals surface area contributed by atoms with Crippen LogP contribution in [0.5, 0.6) is 5.75 Å². The Labute approximate surface area is 201 Å². The molecule has 0 saturated carbocycles. The van der Waals surface area contributed by atoms with E-state index in [1.807, 2.05) is 0 Å². The summed E-state index contributed by atoms with van der Waals surface area (Å²) in [5, 5.41) is 0. The highest BCUT2D eigenvalue weighted by Crippen LogP contribution is 2.32. The van der Waals surface area contributed by atoms with Gasteiger partial charge in [-0.3, -0.25) is 9.78 Å². The number of piperidine rings is 1. The molecule has 2 aliphatic rings. The third-order valence-corrected chi connectivity index (χ3v) is 6.26. The number of nitrogens with zero attached hydrogens (tertiary/aromatic N) is 6. The molecule has 0 radical (unpaired) electrons. The maximum absolute atomic E-state index is 14.0. The Morgan fingerprint density at radius 3 is 2.60 bits per heavy atom. The maximum atomic E-state index is 14.0. The van der Waals surface area contributed by atoms with Crippen molar-refractivity contribution in [1.29, 1.82) is 0 Å². The molecule has 2 aromatic heterocycles. The molecule has 2 N–H and O–H groups in total. The zero-order chi connectivity index (χ0) is 24.5. The molecule has 0 aliphatic carbocycles. The van der Waals surface area contributed by atoms with E-state index in [0.29, 0.717) is 62.6 Å². The highest BCUT2D eigenvalue weighted by molar-refractivity contribution is 5.74. The highest BCUT2D eigenvalue weighted by Gasteiger charge is 2.29. The molecule has 2 aliphatic heterocycles. The minimum atomic E-state index is -0.713. The Kier molecular flexibility index (Phi) is 6.14. The number of carbonyl (C=O) groups excluding carboxylic acids is 1. The first kappa shape index (κ1) is 22.9. The van der Waals surface area contributed by atoms with Gasteiger partial charge in [-0.1, -0.05) is 0 Å². The van der Waals surface area contributed by atoms with Gasteiger partial charge in [0.2, 0.25) is 5.91 Å². The fraction of sp³-hybridized carbons (Fsp3) is 0.375. The van der Waals surface area contributed by atoms with Gasteiger partial charge in [0.05, 0.1) is 30.3 Å². The van der Waals surface area contributed by atoms with Crippen molar-refractivity contribution in [1.82, 2.24) is 24.8 Å². The lowest BCUT2D eigenvalue weighted by Crippen LogP contribution is -2.40. The summed E-state index contributed by atoms with van der Waals surface area (Å²) < 4.78 is 33.0. The van der Waals surface area contributed by atoms with Gasteiger partial charge in [-0.05, 0) is 12.1 Å². The van der Waals surface area contributed by atoms with Gasteiger partial charge in [0.1, 0.15) is 29.1 Å². The molecular weight excluding hydrogens is 456 g/mol. The summed E-state index contributed by atoms with van der Waals surface area (Å²) in [6.45, 7) is 3.72. The molecule has 182 valence electrons. The van der Waals surface area contributed by atoms with Gasteiger partial charge in [0.15, 0.2) is 17.4 Å². The summed E-state index contributed by atoms with van der Waals surface area (Å²) in [6.07, 6.45) is 4.70. The van der Waals surface area contributed by atoms with Crippen LogP contribution in [0.25, 0.3) is 11.4 Å². The van der Waals surface area contributed by atoms with Gasteiger partial charge in [0, 0.05) is 51.9 Å². The Morgan fingerprint density at radius 1 is 1.09 bits per heavy atom. The van der Waals surface area contributed by atoms with Crippen LogP contribution < -0.4 is 15.4 Å². The molecule has 0 spiro atoms. The monoisotopic (exact) mass is 481 g/mol. The lowest BCUT2D eigenvalue weighted by molar-refractivity contribution is -0.129. The topological polar surface area (TPSA) is 110 Å². The summed E-state index contributed by atoms with van der Waals surface area (Å²) in [7, 11) is 0. The van der Waals surface area contributed by atoms with Crippen molar-refractivity contribution in [2.45, 2.75) is 38.8 Å². The van der Waals surface area contributed by atoms with E-state index < -0.39 is 11.6 Å². The van der Waals surface area contributed by atoms with Crippen molar-refractivity contribution in [2.24, 2.45) is 0 Å². The number of hydrogen-bond donors (Lipinski definition) is 1. The SMILES string of the molecule is CC(=O)N1CCc2nc(N3CCC(Oc4ccc(F)cc4F)CC3)c(-c3cncc(N)n3)nc2C1. The first-order chi connectivity index (χ1) is 16.9. The molecule has 1 amide bonds. The van der Waals surface area contributed by atoms with Crippen molar-refractivity contribution in [3.63, 3.8) is 0 Å². The highest BCUT2D eigenvalue weighted by atomic mass is 19.1. The van der Waals surface area contributed by atoms with Crippen LogP contribution in [0.4, 0.5) is 20.4 Å². The van der Waals surface area contributed by atoms with Gasteiger partial charge < -0.3 is 20.3 Å². The van der Waals surface area contributed by atoms with E-state index in [1.165, 1.54) is 18.3 Å². The average Bonchev–Trinajstić information content (AvgIpc) is 2.85. The fourth-order valence-electron chi connectivity index (χ4n) is 4.41. The van der Waals surface area contributed by atoms with E-state index in [-0.39, 0.29) is 23.6 Å². The second-order valence-electron chi connectivity index (χ2n) is 8.69. The number of anilines is 2. The van der Waals surface area contributed by atoms with E-state index in [4.69, 9.17) is 20.4 Å². The number of nitrogens with two attached hydrogens (primary N) is 1. The van der Waals surface area contributed by atoms with Crippen molar-refractivity contribution in [2.75, 3.05) is 30.3 Å². The number of hydrogen-bond acceptors (Lipinski definition) is 8. The molecule has 0 unspecified atom stereocenters. The zero-order valence-corrected chi connectivity index (χ0v) is 19.2. The van der Waals surface area contributed by atoms with Crippen LogP contribution in [0, 0.1) is 11.6 Å². The number of fused-ring (bicyclic) bond motifs is 1. The molecule has 4 heterocycles. The first-order valence-electron chi connectivity index (χ1n) is 11.5. The third kappa shape index (κ3) is 4.84.